The minimum Gasteiger partial charge on any atom is -0.464 e. The standard InChI is InChI=1S/C10H12N2O/c1-2-3-6-13-10-5-4-9(7-11)8-12-10/h4-5,8H,6-7,11H2,1H3. The molecule has 3 heteroatoms. The summed E-state index contributed by atoms with van der Waals surface area (Å²) in [6, 6.07) is 3.68. The van der Waals surface area contributed by atoms with Crippen LogP contribution in [-0.4, -0.2) is 11.6 Å². The fourth-order valence-electron chi connectivity index (χ4n) is 0.799. The molecule has 1 aromatic rings. The van der Waals surface area contributed by atoms with Gasteiger partial charge in [-0.25, -0.2) is 4.98 Å². The maximum atomic E-state index is 5.42. The summed E-state index contributed by atoms with van der Waals surface area (Å²) in [5, 5.41) is 0. The molecule has 13 heavy (non-hydrogen) atoms. The van der Waals surface area contributed by atoms with E-state index in [0.29, 0.717) is 19.0 Å². The van der Waals surface area contributed by atoms with Gasteiger partial charge in [-0.3, -0.25) is 0 Å². The van der Waals surface area contributed by atoms with E-state index in [4.69, 9.17) is 10.5 Å². The van der Waals surface area contributed by atoms with Gasteiger partial charge in [-0.15, -0.1) is 5.92 Å². The van der Waals surface area contributed by atoms with Gasteiger partial charge in [-0.1, -0.05) is 12.0 Å². The third kappa shape index (κ3) is 3.14. The van der Waals surface area contributed by atoms with Crippen LogP contribution in [0.2, 0.25) is 0 Å². The Morgan fingerprint density at radius 3 is 2.92 bits per heavy atom. The van der Waals surface area contributed by atoms with Crippen LogP contribution in [0.25, 0.3) is 0 Å². The molecule has 0 radical (unpaired) electrons. The first-order valence-electron chi connectivity index (χ1n) is 4.04. The van der Waals surface area contributed by atoms with E-state index in [1.165, 1.54) is 0 Å². The van der Waals surface area contributed by atoms with E-state index < -0.39 is 0 Å². The Labute approximate surface area is 77.9 Å². The zero-order valence-electron chi connectivity index (χ0n) is 7.58. The zero-order valence-corrected chi connectivity index (χ0v) is 7.58. The second-order valence-corrected chi connectivity index (χ2v) is 2.42. The summed E-state index contributed by atoms with van der Waals surface area (Å²) >= 11 is 0. The van der Waals surface area contributed by atoms with E-state index in [-0.39, 0.29) is 0 Å². The molecule has 0 spiro atoms. The van der Waals surface area contributed by atoms with Crippen molar-refractivity contribution in [2.75, 3.05) is 6.61 Å². The summed E-state index contributed by atoms with van der Waals surface area (Å²) < 4.78 is 5.22. The second kappa shape index (κ2) is 5.18. The topological polar surface area (TPSA) is 48.1 Å². The van der Waals surface area contributed by atoms with Gasteiger partial charge in [0.2, 0.25) is 5.88 Å². The highest BCUT2D eigenvalue weighted by Gasteiger charge is 1.93. The number of nitrogens with two attached hydrogens (primary N) is 1. The first-order chi connectivity index (χ1) is 6.36. The largest absolute Gasteiger partial charge is 0.464 e. The molecule has 0 aliphatic carbocycles. The van der Waals surface area contributed by atoms with Gasteiger partial charge in [-0.05, 0) is 12.5 Å². The molecule has 3 nitrogen and oxygen atoms in total. The Morgan fingerprint density at radius 2 is 2.38 bits per heavy atom. The van der Waals surface area contributed by atoms with Crippen LogP contribution in [0.5, 0.6) is 5.88 Å². The van der Waals surface area contributed by atoms with Crippen molar-refractivity contribution in [3.63, 3.8) is 0 Å². The van der Waals surface area contributed by atoms with Crippen LogP contribution in [0.15, 0.2) is 18.3 Å². The van der Waals surface area contributed by atoms with Crippen LogP contribution in [-0.2, 0) is 6.54 Å². The summed E-state index contributed by atoms with van der Waals surface area (Å²) in [5.41, 5.74) is 6.41. The molecule has 0 bridgehead atoms. The van der Waals surface area contributed by atoms with Crippen LogP contribution in [0.4, 0.5) is 0 Å². The molecule has 0 atom stereocenters. The smallest absolute Gasteiger partial charge is 0.214 e. The molecule has 2 N–H and O–H groups in total. The van der Waals surface area contributed by atoms with Crippen molar-refractivity contribution in [2.45, 2.75) is 13.5 Å². The minimum absolute atomic E-state index is 0.380. The van der Waals surface area contributed by atoms with Gasteiger partial charge in [0.05, 0.1) is 0 Å². The molecule has 0 amide bonds. The Hall–Kier alpha value is -1.53. The van der Waals surface area contributed by atoms with E-state index >= 15 is 0 Å². The van der Waals surface area contributed by atoms with Crippen molar-refractivity contribution >= 4 is 0 Å². The molecule has 68 valence electrons. The average Bonchev–Trinajstić information content (AvgIpc) is 2.19. The number of hydrogen-bond donors (Lipinski definition) is 1. The second-order valence-electron chi connectivity index (χ2n) is 2.42. The van der Waals surface area contributed by atoms with Crippen molar-refractivity contribution in [1.29, 1.82) is 0 Å². The van der Waals surface area contributed by atoms with Crippen LogP contribution >= 0.6 is 0 Å². The summed E-state index contributed by atoms with van der Waals surface area (Å²) in [6.45, 7) is 2.65. The van der Waals surface area contributed by atoms with Gasteiger partial charge in [0, 0.05) is 18.8 Å². The lowest BCUT2D eigenvalue weighted by molar-refractivity contribution is 0.355. The summed E-state index contributed by atoms with van der Waals surface area (Å²) in [4.78, 5) is 4.05. The lowest BCUT2D eigenvalue weighted by Crippen LogP contribution is -1.99. The molecule has 0 fully saturated rings. The first kappa shape index (κ1) is 9.56. The highest BCUT2D eigenvalue weighted by Crippen LogP contribution is 2.06. The molecular weight excluding hydrogens is 164 g/mol. The summed E-state index contributed by atoms with van der Waals surface area (Å²) in [6.07, 6.45) is 1.70. The van der Waals surface area contributed by atoms with Gasteiger partial charge < -0.3 is 10.5 Å². The molecule has 0 unspecified atom stereocenters. The molecule has 1 rings (SSSR count). The van der Waals surface area contributed by atoms with Gasteiger partial charge >= 0.3 is 0 Å². The quantitative estimate of drug-likeness (QED) is 0.697. The van der Waals surface area contributed by atoms with Crippen molar-refractivity contribution < 1.29 is 4.74 Å². The van der Waals surface area contributed by atoms with Crippen LogP contribution in [0, 0.1) is 11.8 Å². The Kier molecular flexibility index (Phi) is 3.80. The van der Waals surface area contributed by atoms with Crippen molar-refractivity contribution in [1.82, 2.24) is 4.98 Å². The van der Waals surface area contributed by atoms with Crippen molar-refractivity contribution in [2.24, 2.45) is 5.73 Å². The van der Waals surface area contributed by atoms with Gasteiger partial charge in [0.1, 0.15) is 0 Å². The number of hydrogen-bond acceptors (Lipinski definition) is 3. The molecular formula is C10H12N2O. The summed E-state index contributed by atoms with van der Waals surface area (Å²) in [5.74, 6) is 6.11. The van der Waals surface area contributed by atoms with E-state index in [9.17, 15) is 0 Å². The first-order valence-corrected chi connectivity index (χ1v) is 4.04. The zero-order chi connectivity index (χ0) is 9.52. The Morgan fingerprint density at radius 1 is 1.54 bits per heavy atom. The monoisotopic (exact) mass is 176 g/mol. The lowest BCUT2D eigenvalue weighted by Gasteiger charge is -2.00. The van der Waals surface area contributed by atoms with E-state index in [1.807, 2.05) is 6.07 Å². The fraction of sp³-hybridized carbons (Fsp3) is 0.300. The number of nitrogens with zero attached hydrogens (tertiary/aromatic N) is 1. The predicted octanol–water partition coefficient (Wildman–Crippen LogP) is 0.942. The summed E-state index contributed by atoms with van der Waals surface area (Å²) in [7, 11) is 0. The fourth-order valence-corrected chi connectivity index (χ4v) is 0.799. The van der Waals surface area contributed by atoms with Crippen LogP contribution in [0.1, 0.15) is 12.5 Å². The molecule has 0 saturated carbocycles. The number of aromatic nitrogens is 1. The number of rotatable bonds is 3. The maximum Gasteiger partial charge on any atom is 0.214 e. The SMILES string of the molecule is CC#CCOc1ccc(CN)cn1. The van der Waals surface area contributed by atoms with E-state index in [0.717, 1.165) is 5.56 Å². The van der Waals surface area contributed by atoms with Gasteiger partial charge in [0.25, 0.3) is 0 Å². The van der Waals surface area contributed by atoms with E-state index in [2.05, 4.69) is 16.8 Å². The average molecular weight is 176 g/mol. The van der Waals surface area contributed by atoms with E-state index in [1.54, 1.807) is 19.2 Å². The van der Waals surface area contributed by atoms with Crippen molar-refractivity contribution in [3.8, 4) is 17.7 Å². The van der Waals surface area contributed by atoms with Crippen LogP contribution < -0.4 is 10.5 Å². The number of pyridine rings is 1. The highest BCUT2D eigenvalue weighted by atomic mass is 16.5. The van der Waals surface area contributed by atoms with Crippen molar-refractivity contribution in [3.05, 3.63) is 23.9 Å². The lowest BCUT2D eigenvalue weighted by atomic mass is 10.3. The molecule has 0 aliphatic heterocycles. The molecule has 0 aliphatic rings. The Bertz CT molecular complexity index is 308. The maximum absolute atomic E-state index is 5.42. The molecule has 1 heterocycles. The minimum atomic E-state index is 0.380. The normalized spacial score (nSPS) is 8.77. The number of ether oxygens (including phenoxy) is 1. The molecule has 0 saturated heterocycles. The predicted molar refractivity (Wildman–Crippen MR) is 51.1 cm³/mol. The molecule has 1 aromatic heterocycles. The third-order valence-corrected chi connectivity index (χ3v) is 1.50. The third-order valence-electron chi connectivity index (χ3n) is 1.50. The molecule has 0 aromatic carbocycles. The van der Waals surface area contributed by atoms with Crippen LogP contribution in [0.3, 0.4) is 0 Å². The van der Waals surface area contributed by atoms with Gasteiger partial charge in [-0.2, -0.15) is 0 Å². The Balaban J connectivity index is 2.52. The highest BCUT2D eigenvalue weighted by molar-refractivity contribution is 5.17. The van der Waals surface area contributed by atoms with Gasteiger partial charge in [0.15, 0.2) is 6.61 Å².